The molecule has 0 unspecified atom stereocenters. The van der Waals surface area contributed by atoms with E-state index in [2.05, 4.69) is 11.6 Å². The van der Waals surface area contributed by atoms with Crippen molar-refractivity contribution in [3.63, 3.8) is 0 Å². The van der Waals surface area contributed by atoms with Gasteiger partial charge < -0.3 is 5.73 Å². The van der Waals surface area contributed by atoms with Crippen molar-refractivity contribution in [2.75, 3.05) is 6.54 Å². The van der Waals surface area contributed by atoms with Crippen LogP contribution in [0, 0.1) is 0 Å². The zero-order valence-corrected chi connectivity index (χ0v) is 7.90. The Hall–Kier alpha value is -1.67. The molecule has 0 spiro atoms. The summed E-state index contributed by atoms with van der Waals surface area (Å²) in [5, 5.41) is 1.14. The first-order valence-corrected chi connectivity index (χ1v) is 4.55. The fraction of sp³-hybridized carbons (Fsp3) is 0.0833. The van der Waals surface area contributed by atoms with Crippen molar-refractivity contribution in [2.24, 2.45) is 5.73 Å². The van der Waals surface area contributed by atoms with Crippen molar-refractivity contribution in [1.82, 2.24) is 4.98 Å². The number of benzene rings is 1. The summed E-state index contributed by atoms with van der Waals surface area (Å²) in [5.41, 5.74) is 8.25. The minimum atomic E-state index is 0.450. The monoisotopic (exact) mass is 184 g/mol. The molecule has 14 heavy (non-hydrogen) atoms. The zero-order valence-electron chi connectivity index (χ0n) is 7.90. The molecule has 0 aliphatic rings. The third-order valence-corrected chi connectivity index (χ3v) is 2.21. The zero-order chi connectivity index (χ0) is 9.97. The summed E-state index contributed by atoms with van der Waals surface area (Å²) in [6.07, 6.45) is 0. The number of para-hydroxylation sites is 1. The molecule has 2 nitrogen and oxygen atoms in total. The lowest BCUT2D eigenvalue weighted by molar-refractivity contribution is 1.23. The Balaban J connectivity index is 2.56. The molecule has 0 fully saturated rings. The topological polar surface area (TPSA) is 38.9 Å². The van der Waals surface area contributed by atoms with Crippen LogP contribution in [0.3, 0.4) is 0 Å². The predicted octanol–water partition coefficient (Wildman–Crippen LogP) is 2.21. The Bertz CT molecular complexity index is 474. The summed E-state index contributed by atoms with van der Waals surface area (Å²) in [5.74, 6) is 0. The fourth-order valence-electron chi connectivity index (χ4n) is 1.37. The van der Waals surface area contributed by atoms with E-state index < -0.39 is 0 Å². The van der Waals surface area contributed by atoms with Gasteiger partial charge in [-0.15, -0.1) is 0 Å². The number of nitrogens with two attached hydrogens (primary N) is 1. The Labute approximate surface area is 83.1 Å². The summed E-state index contributed by atoms with van der Waals surface area (Å²) in [7, 11) is 0. The van der Waals surface area contributed by atoms with Crippen molar-refractivity contribution in [2.45, 2.75) is 0 Å². The van der Waals surface area contributed by atoms with Crippen LogP contribution in [0.25, 0.3) is 16.5 Å². The standard InChI is InChI=1S/C12H12N2/c1-9(8-13)11-7-6-10-4-2-3-5-12(10)14-11/h2-7H,1,8,13H2. The van der Waals surface area contributed by atoms with Crippen LogP contribution in [0.1, 0.15) is 5.69 Å². The van der Waals surface area contributed by atoms with Gasteiger partial charge in [-0.25, -0.2) is 4.98 Å². The van der Waals surface area contributed by atoms with Crippen molar-refractivity contribution < 1.29 is 0 Å². The first kappa shape index (κ1) is 8.91. The van der Waals surface area contributed by atoms with Crippen LogP contribution < -0.4 is 5.73 Å². The Morgan fingerprint density at radius 1 is 1.21 bits per heavy atom. The molecule has 2 aromatic rings. The summed E-state index contributed by atoms with van der Waals surface area (Å²) < 4.78 is 0. The number of fused-ring (bicyclic) bond motifs is 1. The highest BCUT2D eigenvalue weighted by Crippen LogP contribution is 2.15. The van der Waals surface area contributed by atoms with E-state index >= 15 is 0 Å². The number of hydrogen-bond donors (Lipinski definition) is 1. The minimum absolute atomic E-state index is 0.450. The van der Waals surface area contributed by atoms with E-state index in [9.17, 15) is 0 Å². The molecule has 0 saturated carbocycles. The second-order valence-corrected chi connectivity index (χ2v) is 3.20. The summed E-state index contributed by atoms with van der Waals surface area (Å²) >= 11 is 0. The lowest BCUT2D eigenvalue weighted by Gasteiger charge is -2.03. The number of nitrogens with zero attached hydrogens (tertiary/aromatic N) is 1. The number of aromatic nitrogens is 1. The van der Waals surface area contributed by atoms with Crippen LogP contribution in [-0.4, -0.2) is 11.5 Å². The third kappa shape index (κ3) is 1.52. The van der Waals surface area contributed by atoms with Crippen LogP contribution >= 0.6 is 0 Å². The normalized spacial score (nSPS) is 10.4. The molecule has 1 aromatic heterocycles. The first-order chi connectivity index (χ1) is 6.81. The number of hydrogen-bond acceptors (Lipinski definition) is 2. The molecule has 2 N–H and O–H groups in total. The highest BCUT2D eigenvalue weighted by Gasteiger charge is 1.99. The van der Waals surface area contributed by atoms with Crippen LogP contribution in [0.5, 0.6) is 0 Å². The lowest BCUT2D eigenvalue weighted by Crippen LogP contribution is -2.02. The summed E-state index contributed by atoms with van der Waals surface area (Å²) in [6.45, 7) is 4.31. The van der Waals surface area contributed by atoms with E-state index in [4.69, 9.17) is 5.73 Å². The van der Waals surface area contributed by atoms with Crippen molar-refractivity contribution in [3.05, 3.63) is 48.7 Å². The van der Waals surface area contributed by atoms with Gasteiger partial charge in [0, 0.05) is 11.9 Å². The molecule has 0 aliphatic heterocycles. The second kappa shape index (κ2) is 3.60. The highest BCUT2D eigenvalue weighted by atomic mass is 14.7. The molecule has 1 aromatic carbocycles. The average Bonchev–Trinajstić information content (AvgIpc) is 2.27. The van der Waals surface area contributed by atoms with Gasteiger partial charge in [-0.3, -0.25) is 0 Å². The van der Waals surface area contributed by atoms with E-state index in [1.54, 1.807) is 0 Å². The Kier molecular flexibility index (Phi) is 2.29. The van der Waals surface area contributed by atoms with Gasteiger partial charge in [0.2, 0.25) is 0 Å². The molecule has 70 valence electrons. The van der Waals surface area contributed by atoms with Crippen LogP contribution in [0.4, 0.5) is 0 Å². The molecular weight excluding hydrogens is 172 g/mol. The van der Waals surface area contributed by atoms with Crippen LogP contribution in [-0.2, 0) is 0 Å². The van der Waals surface area contributed by atoms with Crippen molar-refractivity contribution in [1.29, 1.82) is 0 Å². The summed E-state index contributed by atoms with van der Waals surface area (Å²) in [4.78, 5) is 4.47. The van der Waals surface area contributed by atoms with Gasteiger partial charge in [0.15, 0.2) is 0 Å². The SMILES string of the molecule is C=C(CN)c1ccc2ccccc2n1. The molecule has 0 saturated heterocycles. The lowest BCUT2D eigenvalue weighted by atomic mass is 10.1. The van der Waals surface area contributed by atoms with Crippen molar-refractivity contribution >= 4 is 16.5 Å². The van der Waals surface area contributed by atoms with Gasteiger partial charge in [-0.05, 0) is 17.7 Å². The molecule has 0 bridgehead atoms. The minimum Gasteiger partial charge on any atom is -0.326 e. The van der Waals surface area contributed by atoms with Crippen LogP contribution in [0.2, 0.25) is 0 Å². The molecule has 2 rings (SSSR count). The van der Waals surface area contributed by atoms with Gasteiger partial charge in [0.1, 0.15) is 0 Å². The second-order valence-electron chi connectivity index (χ2n) is 3.20. The average molecular weight is 184 g/mol. The van der Waals surface area contributed by atoms with E-state index in [1.807, 2.05) is 36.4 Å². The van der Waals surface area contributed by atoms with E-state index in [0.29, 0.717) is 6.54 Å². The highest BCUT2D eigenvalue weighted by molar-refractivity contribution is 5.80. The van der Waals surface area contributed by atoms with Gasteiger partial charge in [-0.2, -0.15) is 0 Å². The first-order valence-electron chi connectivity index (χ1n) is 4.55. The number of pyridine rings is 1. The Morgan fingerprint density at radius 3 is 2.79 bits per heavy atom. The maximum atomic E-state index is 5.51. The summed E-state index contributed by atoms with van der Waals surface area (Å²) in [6, 6.07) is 12.0. The molecule has 2 heteroatoms. The van der Waals surface area contributed by atoms with Gasteiger partial charge in [0.05, 0.1) is 11.2 Å². The molecule has 0 amide bonds. The number of rotatable bonds is 2. The van der Waals surface area contributed by atoms with Crippen molar-refractivity contribution in [3.8, 4) is 0 Å². The van der Waals surface area contributed by atoms with E-state index in [0.717, 1.165) is 22.2 Å². The Morgan fingerprint density at radius 2 is 2.00 bits per heavy atom. The van der Waals surface area contributed by atoms with Gasteiger partial charge in [-0.1, -0.05) is 30.8 Å². The van der Waals surface area contributed by atoms with Crippen LogP contribution in [0.15, 0.2) is 43.0 Å². The third-order valence-electron chi connectivity index (χ3n) is 2.21. The molecule has 1 heterocycles. The fourth-order valence-corrected chi connectivity index (χ4v) is 1.37. The van der Waals surface area contributed by atoms with Gasteiger partial charge in [0.25, 0.3) is 0 Å². The molecular formula is C12H12N2. The molecule has 0 radical (unpaired) electrons. The van der Waals surface area contributed by atoms with E-state index in [-0.39, 0.29) is 0 Å². The maximum absolute atomic E-state index is 5.51. The van der Waals surface area contributed by atoms with Gasteiger partial charge >= 0.3 is 0 Å². The smallest absolute Gasteiger partial charge is 0.0709 e. The predicted molar refractivity (Wildman–Crippen MR) is 59.8 cm³/mol. The maximum Gasteiger partial charge on any atom is 0.0709 e. The quantitative estimate of drug-likeness (QED) is 0.777. The molecule has 0 atom stereocenters. The molecule has 0 aliphatic carbocycles. The largest absolute Gasteiger partial charge is 0.326 e. The van der Waals surface area contributed by atoms with E-state index in [1.165, 1.54) is 0 Å².